The Balaban J connectivity index is 0.00000200. The lowest BCUT2D eigenvalue weighted by molar-refractivity contribution is 0.0381. The molecule has 0 radical (unpaired) electrons. The zero-order valence-corrected chi connectivity index (χ0v) is 12.8. The number of hydrogen-bond acceptors (Lipinski definition) is 5. The van der Waals surface area contributed by atoms with Crippen LogP contribution in [0, 0.1) is 0 Å². The quantitative estimate of drug-likeness (QED) is 0.885. The van der Waals surface area contributed by atoms with E-state index >= 15 is 0 Å². The van der Waals surface area contributed by atoms with Crippen molar-refractivity contribution in [2.75, 3.05) is 38.6 Å². The van der Waals surface area contributed by atoms with Gasteiger partial charge in [0.1, 0.15) is 5.75 Å². The molecule has 1 N–H and O–H groups in total. The van der Waals surface area contributed by atoms with E-state index in [0.717, 1.165) is 32.8 Å². The monoisotopic (exact) mass is 321 g/mol. The Bertz CT molecular complexity index is 498. The van der Waals surface area contributed by atoms with Crippen LogP contribution in [0.1, 0.15) is 6.42 Å². The number of aromatic hydroxyl groups is 1. The molecular weight excluding hydrogens is 302 g/mol. The van der Waals surface area contributed by atoms with Crippen molar-refractivity contribution in [2.24, 2.45) is 0 Å². The third-order valence-electron chi connectivity index (χ3n) is 3.19. The number of ether oxygens (including phenoxy) is 1. The Morgan fingerprint density at radius 1 is 1.15 bits per heavy atom. The van der Waals surface area contributed by atoms with Crippen LogP contribution in [0.25, 0.3) is 0 Å². The third-order valence-corrected chi connectivity index (χ3v) is 5.00. The molecule has 0 aromatic heterocycles. The number of nitrogens with zero attached hydrogens (tertiary/aromatic N) is 1. The molecule has 0 atom stereocenters. The van der Waals surface area contributed by atoms with Gasteiger partial charge in [0.2, 0.25) is 0 Å². The van der Waals surface area contributed by atoms with Crippen molar-refractivity contribution in [3.63, 3.8) is 0 Å². The third kappa shape index (κ3) is 4.94. The van der Waals surface area contributed by atoms with E-state index in [4.69, 9.17) is 9.84 Å². The average Bonchev–Trinajstić information content (AvgIpc) is 2.40. The van der Waals surface area contributed by atoms with E-state index in [1.165, 1.54) is 24.3 Å². The number of rotatable bonds is 5. The minimum absolute atomic E-state index is 0. The highest BCUT2D eigenvalue weighted by molar-refractivity contribution is 7.91. The second-order valence-corrected chi connectivity index (χ2v) is 6.73. The topological polar surface area (TPSA) is 66.8 Å². The minimum atomic E-state index is -3.25. The van der Waals surface area contributed by atoms with Crippen molar-refractivity contribution in [1.82, 2.24) is 4.90 Å². The van der Waals surface area contributed by atoms with E-state index in [-0.39, 0.29) is 28.8 Å². The molecule has 7 heteroatoms. The highest BCUT2D eigenvalue weighted by Gasteiger charge is 2.16. The molecule has 1 fully saturated rings. The molecule has 1 aliphatic rings. The molecular formula is C13H20ClNO4S. The summed E-state index contributed by atoms with van der Waals surface area (Å²) in [5.41, 5.74) is 0. The first-order valence-electron chi connectivity index (χ1n) is 6.40. The molecule has 5 nitrogen and oxygen atoms in total. The van der Waals surface area contributed by atoms with Crippen molar-refractivity contribution in [2.45, 2.75) is 11.3 Å². The second kappa shape index (κ2) is 7.83. The van der Waals surface area contributed by atoms with Crippen molar-refractivity contribution in [1.29, 1.82) is 0 Å². The second-order valence-electron chi connectivity index (χ2n) is 4.62. The molecule has 1 saturated heterocycles. The van der Waals surface area contributed by atoms with Gasteiger partial charge >= 0.3 is 0 Å². The van der Waals surface area contributed by atoms with Gasteiger partial charge in [0, 0.05) is 13.1 Å². The van der Waals surface area contributed by atoms with Crippen LogP contribution in [0.2, 0.25) is 0 Å². The number of morpholine rings is 1. The van der Waals surface area contributed by atoms with E-state index in [0.29, 0.717) is 6.42 Å². The summed E-state index contributed by atoms with van der Waals surface area (Å²) in [6.45, 7) is 3.98. The maximum atomic E-state index is 12.1. The number of hydrogen-bond donors (Lipinski definition) is 1. The Hall–Kier alpha value is -0.820. The van der Waals surface area contributed by atoms with Crippen LogP contribution in [0.15, 0.2) is 29.2 Å². The highest BCUT2D eigenvalue weighted by atomic mass is 35.5. The van der Waals surface area contributed by atoms with Crippen molar-refractivity contribution in [3.05, 3.63) is 24.3 Å². The van der Waals surface area contributed by atoms with Gasteiger partial charge in [0.05, 0.1) is 23.9 Å². The van der Waals surface area contributed by atoms with Crippen molar-refractivity contribution >= 4 is 22.2 Å². The van der Waals surface area contributed by atoms with Crippen molar-refractivity contribution in [3.8, 4) is 5.75 Å². The van der Waals surface area contributed by atoms with Crippen LogP contribution in [-0.2, 0) is 14.6 Å². The molecule has 0 aliphatic carbocycles. The first kappa shape index (κ1) is 17.2. The molecule has 1 heterocycles. The Kier molecular flexibility index (Phi) is 6.75. The Morgan fingerprint density at radius 3 is 2.35 bits per heavy atom. The molecule has 2 rings (SSSR count). The van der Waals surface area contributed by atoms with Gasteiger partial charge in [-0.15, -0.1) is 12.4 Å². The summed E-state index contributed by atoms with van der Waals surface area (Å²) in [5, 5.41) is 9.16. The summed E-state index contributed by atoms with van der Waals surface area (Å²) in [4.78, 5) is 2.49. The van der Waals surface area contributed by atoms with Gasteiger partial charge in [-0.2, -0.15) is 0 Å². The smallest absolute Gasteiger partial charge is 0.178 e. The molecule has 0 saturated carbocycles. The number of sulfone groups is 1. The van der Waals surface area contributed by atoms with E-state index in [1.807, 2.05) is 0 Å². The molecule has 1 aromatic carbocycles. The Morgan fingerprint density at radius 2 is 1.75 bits per heavy atom. The minimum Gasteiger partial charge on any atom is -0.508 e. The van der Waals surface area contributed by atoms with Crippen LogP contribution in [-0.4, -0.2) is 57.0 Å². The fourth-order valence-corrected chi connectivity index (χ4v) is 3.37. The molecule has 114 valence electrons. The maximum absolute atomic E-state index is 12.1. The SMILES string of the molecule is Cl.O=S(=O)(CCCN1CCOCC1)c1ccc(O)cc1. The van der Waals surface area contributed by atoms with Crippen LogP contribution in [0.4, 0.5) is 0 Å². The number of halogens is 1. The molecule has 1 aliphatic heterocycles. The fraction of sp³-hybridized carbons (Fsp3) is 0.538. The molecule has 1 aromatic rings. The standard InChI is InChI=1S/C13H19NO4S.ClH/c15-12-2-4-13(5-3-12)19(16,17)11-1-6-14-7-9-18-10-8-14;/h2-5,15H,1,6-11H2;1H. The first-order valence-corrected chi connectivity index (χ1v) is 8.05. The lowest BCUT2D eigenvalue weighted by Gasteiger charge is -2.26. The lowest BCUT2D eigenvalue weighted by Crippen LogP contribution is -2.37. The number of benzene rings is 1. The largest absolute Gasteiger partial charge is 0.508 e. The molecule has 20 heavy (non-hydrogen) atoms. The zero-order chi connectivity index (χ0) is 13.7. The number of phenols is 1. The number of phenolic OH excluding ortho intramolecular Hbond substituents is 1. The summed E-state index contributed by atoms with van der Waals surface area (Å²) < 4.78 is 29.4. The van der Waals surface area contributed by atoms with Gasteiger partial charge in [0.25, 0.3) is 0 Å². The predicted octanol–water partition coefficient (Wildman–Crippen LogP) is 1.31. The van der Waals surface area contributed by atoms with Crippen LogP contribution in [0.5, 0.6) is 5.75 Å². The van der Waals surface area contributed by atoms with Crippen LogP contribution in [0.3, 0.4) is 0 Å². The summed E-state index contributed by atoms with van der Waals surface area (Å²) >= 11 is 0. The summed E-state index contributed by atoms with van der Waals surface area (Å²) in [7, 11) is -3.25. The zero-order valence-electron chi connectivity index (χ0n) is 11.2. The lowest BCUT2D eigenvalue weighted by atomic mass is 10.3. The van der Waals surface area contributed by atoms with E-state index in [1.54, 1.807) is 0 Å². The van der Waals surface area contributed by atoms with Gasteiger partial charge in [-0.1, -0.05) is 0 Å². The van der Waals surface area contributed by atoms with Gasteiger partial charge < -0.3 is 9.84 Å². The first-order chi connectivity index (χ1) is 9.08. The van der Waals surface area contributed by atoms with Gasteiger partial charge in [-0.25, -0.2) is 8.42 Å². The maximum Gasteiger partial charge on any atom is 0.178 e. The Labute approximate surface area is 125 Å². The van der Waals surface area contributed by atoms with Gasteiger partial charge in [-0.05, 0) is 37.2 Å². The molecule has 0 spiro atoms. The normalized spacial score (nSPS) is 16.6. The fourth-order valence-electron chi connectivity index (χ4n) is 2.07. The van der Waals surface area contributed by atoms with Crippen molar-refractivity contribution < 1.29 is 18.3 Å². The van der Waals surface area contributed by atoms with E-state index < -0.39 is 9.84 Å². The highest BCUT2D eigenvalue weighted by Crippen LogP contribution is 2.16. The van der Waals surface area contributed by atoms with Crippen LogP contribution < -0.4 is 0 Å². The molecule has 0 unspecified atom stereocenters. The average molecular weight is 322 g/mol. The van der Waals surface area contributed by atoms with Gasteiger partial charge in [-0.3, -0.25) is 4.90 Å². The predicted molar refractivity (Wildman–Crippen MR) is 79.3 cm³/mol. The summed E-state index contributed by atoms with van der Waals surface area (Å²) in [6.07, 6.45) is 0.614. The van der Waals surface area contributed by atoms with E-state index in [2.05, 4.69) is 4.90 Å². The van der Waals surface area contributed by atoms with Gasteiger partial charge in [0.15, 0.2) is 9.84 Å². The van der Waals surface area contributed by atoms with E-state index in [9.17, 15) is 8.42 Å². The summed E-state index contributed by atoms with van der Waals surface area (Å²) in [6, 6.07) is 5.68. The molecule has 0 amide bonds. The summed E-state index contributed by atoms with van der Waals surface area (Å²) in [5.74, 6) is 0.210. The van der Waals surface area contributed by atoms with Crippen LogP contribution >= 0.6 is 12.4 Å². The molecule has 0 bridgehead atoms.